The fourth-order valence-corrected chi connectivity index (χ4v) is 5.29. The van der Waals surface area contributed by atoms with E-state index in [-0.39, 0.29) is 36.8 Å². The van der Waals surface area contributed by atoms with Gasteiger partial charge in [0.25, 0.3) is 11.5 Å². The average Bonchev–Trinajstić information content (AvgIpc) is 3.07. The molecule has 0 aliphatic carbocycles. The van der Waals surface area contributed by atoms with E-state index in [1.165, 1.54) is 6.33 Å². The number of nitrogens with one attached hydrogen (secondary N) is 2. The van der Waals surface area contributed by atoms with Crippen LogP contribution in [0.1, 0.15) is 31.7 Å². The first-order valence-electron chi connectivity index (χ1n) is 15.5. The van der Waals surface area contributed by atoms with Crippen LogP contribution in [-0.4, -0.2) is 108 Å². The van der Waals surface area contributed by atoms with Crippen molar-refractivity contribution in [3.8, 4) is 5.75 Å². The molecule has 2 N–H and O–H groups in total. The third-order valence-electron chi connectivity index (χ3n) is 7.85. The molecule has 46 heavy (non-hydrogen) atoms. The number of rotatable bonds is 16. The number of benzene rings is 1. The van der Waals surface area contributed by atoms with Gasteiger partial charge in [-0.3, -0.25) is 24.5 Å². The number of imide groups is 1. The molecule has 4 heterocycles. The molecule has 1 unspecified atom stereocenters. The summed E-state index contributed by atoms with van der Waals surface area (Å²) in [5, 5.41) is 10.8. The highest BCUT2D eigenvalue weighted by molar-refractivity contribution is 5.99. The Bertz CT molecular complexity index is 1530. The summed E-state index contributed by atoms with van der Waals surface area (Å²) >= 11 is 0. The second-order valence-corrected chi connectivity index (χ2v) is 11.1. The van der Waals surface area contributed by atoms with Crippen LogP contribution >= 0.6 is 0 Å². The molecular formula is C31H39N7O8. The minimum Gasteiger partial charge on any atom is -0.490 e. The van der Waals surface area contributed by atoms with Crippen molar-refractivity contribution >= 4 is 34.2 Å². The number of amides is 3. The SMILES string of the molecule is O=C1CCC(n2ncc3cc(NCCOCCOCCOCC(=O)N4CCC(COc5cncnc5)CC4)ccc3c2=O)C(=O)N1. The zero-order valence-corrected chi connectivity index (χ0v) is 25.6. The molecule has 2 aromatic heterocycles. The van der Waals surface area contributed by atoms with Gasteiger partial charge in [-0.15, -0.1) is 0 Å². The van der Waals surface area contributed by atoms with Crippen molar-refractivity contribution in [2.24, 2.45) is 5.92 Å². The van der Waals surface area contributed by atoms with Gasteiger partial charge >= 0.3 is 0 Å². The van der Waals surface area contributed by atoms with Crippen LogP contribution in [-0.2, 0) is 28.6 Å². The van der Waals surface area contributed by atoms with Gasteiger partial charge in [0.2, 0.25) is 11.8 Å². The number of aromatic nitrogens is 4. The van der Waals surface area contributed by atoms with Gasteiger partial charge in [0.15, 0.2) is 5.75 Å². The minimum absolute atomic E-state index is 0.0151. The van der Waals surface area contributed by atoms with Crippen molar-refractivity contribution in [2.45, 2.75) is 31.7 Å². The fourth-order valence-electron chi connectivity index (χ4n) is 5.29. The third kappa shape index (κ3) is 9.28. The molecule has 2 aliphatic rings. The first kappa shape index (κ1) is 32.9. The van der Waals surface area contributed by atoms with E-state index in [1.54, 1.807) is 30.7 Å². The maximum atomic E-state index is 12.9. The Morgan fingerprint density at radius 2 is 1.67 bits per heavy atom. The predicted octanol–water partition coefficient (Wildman–Crippen LogP) is 0.944. The van der Waals surface area contributed by atoms with Crippen LogP contribution in [0.2, 0.25) is 0 Å². The molecule has 0 radical (unpaired) electrons. The number of hydrogen-bond donors (Lipinski definition) is 2. The highest BCUT2D eigenvalue weighted by atomic mass is 16.5. The van der Waals surface area contributed by atoms with E-state index < -0.39 is 11.9 Å². The Morgan fingerprint density at radius 1 is 0.935 bits per heavy atom. The molecule has 2 aliphatic heterocycles. The van der Waals surface area contributed by atoms with Crippen LogP contribution in [0.15, 0.2) is 47.9 Å². The summed E-state index contributed by atoms with van der Waals surface area (Å²) in [6.07, 6.45) is 8.47. The topological polar surface area (TPSA) is 176 Å². The van der Waals surface area contributed by atoms with Crippen molar-refractivity contribution in [2.75, 3.05) is 71.2 Å². The zero-order chi connectivity index (χ0) is 32.1. The number of fused-ring (bicyclic) bond motifs is 1. The van der Waals surface area contributed by atoms with Crippen molar-refractivity contribution in [1.82, 2.24) is 30.0 Å². The molecular weight excluding hydrogens is 598 g/mol. The van der Waals surface area contributed by atoms with Crippen molar-refractivity contribution in [3.63, 3.8) is 0 Å². The van der Waals surface area contributed by atoms with Crippen molar-refractivity contribution in [3.05, 3.63) is 53.5 Å². The van der Waals surface area contributed by atoms with Gasteiger partial charge in [0, 0.05) is 37.1 Å². The number of carbonyl (C=O) groups is 3. The molecule has 2 saturated heterocycles. The van der Waals surface area contributed by atoms with Crippen LogP contribution < -0.4 is 20.9 Å². The molecule has 5 rings (SSSR count). The highest BCUT2D eigenvalue weighted by Gasteiger charge is 2.30. The van der Waals surface area contributed by atoms with Crippen LogP contribution in [0, 0.1) is 5.92 Å². The minimum atomic E-state index is -0.798. The van der Waals surface area contributed by atoms with Crippen LogP contribution in [0.3, 0.4) is 0 Å². The van der Waals surface area contributed by atoms with Crippen LogP contribution in [0.5, 0.6) is 5.75 Å². The summed E-state index contributed by atoms with van der Waals surface area (Å²) in [4.78, 5) is 58.7. The number of carbonyl (C=O) groups excluding carboxylic acids is 3. The monoisotopic (exact) mass is 637 g/mol. The lowest BCUT2D eigenvalue weighted by atomic mass is 9.98. The maximum absolute atomic E-state index is 12.9. The molecule has 0 bridgehead atoms. The molecule has 0 spiro atoms. The van der Waals surface area contributed by atoms with Crippen LogP contribution in [0.25, 0.3) is 10.8 Å². The van der Waals surface area contributed by atoms with E-state index in [2.05, 4.69) is 25.7 Å². The lowest BCUT2D eigenvalue weighted by molar-refractivity contribution is -0.138. The summed E-state index contributed by atoms with van der Waals surface area (Å²) in [5.41, 5.74) is 0.424. The first-order valence-corrected chi connectivity index (χ1v) is 15.5. The van der Waals surface area contributed by atoms with Crippen molar-refractivity contribution in [1.29, 1.82) is 0 Å². The molecule has 3 aromatic rings. The normalized spacial score (nSPS) is 17.2. The van der Waals surface area contributed by atoms with Gasteiger partial charge in [-0.2, -0.15) is 5.10 Å². The van der Waals surface area contributed by atoms with Gasteiger partial charge < -0.3 is 29.2 Å². The predicted molar refractivity (Wildman–Crippen MR) is 165 cm³/mol. The summed E-state index contributed by atoms with van der Waals surface area (Å²) in [6.45, 7) is 4.52. The Hall–Kier alpha value is -4.47. The van der Waals surface area contributed by atoms with Gasteiger partial charge in [-0.1, -0.05) is 0 Å². The fraction of sp³-hybridized carbons (Fsp3) is 0.516. The Labute approximate surface area is 265 Å². The third-order valence-corrected chi connectivity index (χ3v) is 7.85. The molecule has 1 aromatic carbocycles. The quantitative estimate of drug-likeness (QED) is 0.168. The van der Waals surface area contributed by atoms with Crippen LogP contribution in [0.4, 0.5) is 5.69 Å². The molecule has 15 nitrogen and oxygen atoms in total. The lowest BCUT2D eigenvalue weighted by Gasteiger charge is -2.31. The number of likely N-dealkylation sites (tertiary alicyclic amines) is 1. The summed E-state index contributed by atoms with van der Waals surface area (Å²) in [6, 6.07) is 4.49. The standard InChI is InChI=1S/C31H39N7O8/c39-28-4-3-27(30(41)36-28)38-31(42)26-2-1-24(15-23(26)16-35-38)34-7-10-43-11-12-44-13-14-45-20-29(40)37-8-5-22(6-9-37)19-46-25-17-32-21-33-18-25/h1-2,15-18,21-22,27,34H,3-14,19-20H2,(H,36,39,41). The summed E-state index contributed by atoms with van der Waals surface area (Å²) in [7, 11) is 0. The number of hydrogen-bond acceptors (Lipinski definition) is 12. The number of ether oxygens (including phenoxy) is 4. The number of anilines is 1. The Morgan fingerprint density at radius 3 is 2.43 bits per heavy atom. The van der Waals surface area contributed by atoms with Gasteiger partial charge in [-0.25, -0.2) is 14.6 Å². The van der Waals surface area contributed by atoms with E-state index >= 15 is 0 Å². The number of piperidine rings is 2. The first-order chi connectivity index (χ1) is 22.5. The zero-order valence-electron chi connectivity index (χ0n) is 25.6. The van der Waals surface area contributed by atoms with Gasteiger partial charge in [0.05, 0.1) is 63.6 Å². The second kappa shape index (κ2) is 16.7. The average molecular weight is 638 g/mol. The van der Waals surface area contributed by atoms with E-state index in [9.17, 15) is 19.2 Å². The van der Waals surface area contributed by atoms with Gasteiger partial charge in [0.1, 0.15) is 19.0 Å². The van der Waals surface area contributed by atoms with E-state index in [4.69, 9.17) is 18.9 Å². The van der Waals surface area contributed by atoms with E-state index in [0.717, 1.165) is 23.2 Å². The molecule has 0 saturated carbocycles. The molecule has 3 amide bonds. The Balaban J connectivity index is 0.882. The Kier molecular flexibility index (Phi) is 12.0. The lowest BCUT2D eigenvalue weighted by Crippen LogP contribution is -2.45. The van der Waals surface area contributed by atoms with E-state index in [0.29, 0.717) is 81.7 Å². The summed E-state index contributed by atoms with van der Waals surface area (Å²) < 4.78 is 23.5. The maximum Gasteiger partial charge on any atom is 0.275 e. The van der Waals surface area contributed by atoms with Gasteiger partial charge in [-0.05, 0) is 43.4 Å². The van der Waals surface area contributed by atoms with Crippen molar-refractivity contribution < 1.29 is 33.3 Å². The second-order valence-electron chi connectivity index (χ2n) is 11.1. The molecule has 1 atom stereocenters. The molecule has 15 heteroatoms. The molecule has 246 valence electrons. The summed E-state index contributed by atoms with van der Waals surface area (Å²) in [5.74, 6) is 0.175. The number of nitrogens with zero attached hydrogens (tertiary/aromatic N) is 5. The highest BCUT2D eigenvalue weighted by Crippen LogP contribution is 2.20. The molecule has 2 fully saturated rings. The van der Waals surface area contributed by atoms with E-state index in [1.807, 2.05) is 11.0 Å². The smallest absolute Gasteiger partial charge is 0.275 e. The largest absolute Gasteiger partial charge is 0.490 e.